The van der Waals surface area contributed by atoms with Crippen molar-refractivity contribution in [1.82, 2.24) is 0 Å². The summed E-state index contributed by atoms with van der Waals surface area (Å²) in [6.07, 6.45) is 1.71. The summed E-state index contributed by atoms with van der Waals surface area (Å²) in [7, 11) is 0. The molecule has 0 unspecified atom stereocenters. The van der Waals surface area contributed by atoms with Crippen molar-refractivity contribution in [3.05, 3.63) is 27.7 Å². The van der Waals surface area contributed by atoms with Crippen LogP contribution in [0.25, 0.3) is 0 Å². The molecule has 0 aliphatic rings. The molecule has 1 aromatic rings. The molecule has 3 N–H and O–H groups in total. The van der Waals surface area contributed by atoms with Crippen LogP contribution in [0, 0.1) is 11.3 Å². The Hall–Kier alpha value is -1.05. The molecule has 1 rings (SSSR count). The van der Waals surface area contributed by atoms with Crippen molar-refractivity contribution in [3.8, 4) is 11.8 Å². The van der Waals surface area contributed by atoms with Crippen molar-refractivity contribution < 1.29 is 5.11 Å². The molecule has 0 fully saturated rings. The quantitative estimate of drug-likeness (QED) is 0.886. The summed E-state index contributed by atoms with van der Waals surface area (Å²) in [6, 6.07) is 5.01. The van der Waals surface area contributed by atoms with Crippen molar-refractivity contribution in [2.45, 2.75) is 25.8 Å². The molecule has 0 heterocycles. The molecule has 0 aliphatic carbocycles. The van der Waals surface area contributed by atoms with E-state index in [-0.39, 0.29) is 17.4 Å². The van der Waals surface area contributed by atoms with E-state index >= 15 is 0 Å². The monoisotopic (exact) mass is 268 g/mol. The first-order valence-corrected chi connectivity index (χ1v) is 5.58. The predicted molar refractivity (Wildman–Crippen MR) is 62.4 cm³/mol. The Bertz CT molecular complexity index is 398. The van der Waals surface area contributed by atoms with Gasteiger partial charge in [-0.15, -0.1) is 0 Å². The first kappa shape index (κ1) is 12.0. The number of nitrogens with zero attached hydrogens (tertiary/aromatic N) is 1. The maximum absolute atomic E-state index is 9.83. The van der Waals surface area contributed by atoms with Gasteiger partial charge in [0.2, 0.25) is 0 Å². The van der Waals surface area contributed by atoms with Crippen molar-refractivity contribution in [2.75, 3.05) is 0 Å². The average molecular weight is 269 g/mol. The third-order valence-corrected chi connectivity index (χ3v) is 2.95. The summed E-state index contributed by atoms with van der Waals surface area (Å²) >= 11 is 3.33. The molecule has 0 spiro atoms. The van der Waals surface area contributed by atoms with E-state index in [4.69, 9.17) is 11.0 Å². The predicted octanol–water partition coefficient (Wildman–Crippen LogP) is 2.83. The molecule has 1 aromatic carbocycles. The molecule has 3 nitrogen and oxygen atoms in total. The van der Waals surface area contributed by atoms with Crippen LogP contribution in [-0.4, -0.2) is 5.11 Å². The molecule has 1 atom stereocenters. The number of phenols is 1. The van der Waals surface area contributed by atoms with Crippen LogP contribution in [0.2, 0.25) is 0 Å². The van der Waals surface area contributed by atoms with Gasteiger partial charge in [-0.1, -0.05) is 29.3 Å². The Morgan fingerprint density at radius 3 is 2.80 bits per heavy atom. The molecule has 0 radical (unpaired) electrons. The molecular weight excluding hydrogens is 256 g/mol. The fourth-order valence-electron chi connectivity index (χ4n) is 1.48. The smallest absolute Gasteiger partial charge is 0.139 e. The molecule has 4 heteroatoms. The van der Waals surface area contributed by atoms with Gasteiger partial charge in [0.1, 0.15) is 11.8 Å². The van der Waals surface area contributed by atoms with Gasteiger partial charge >= 0.3 is 0 Å². The van der Waals surface area contributed by atoms with Crippen LogP contribution in [0.4, 0.5) is 0 Å². The fourth-order valence-corrected chi connectivity index (χ4v) is 2.10. The highest BCUT2D eigenvalue weighted by Gasteiger charge is 2.16. The summed E-state index contributed by atoms with van der Waals surface area (Å²) in [4.78, 5) is 0. The fraction of sp³-hybridized carbons (Fsp3) is 0.364. The van der Waals surface area contributed by atoms with E-state index < -0.39 is 0 Å². The molecular formula is C11H13BrN2O. The van der Waals surface area contributed by atoms with Gasteiger partial charge in [-0.05, 0) is 18.6 Å². The van der Waals surface area contributed by atoms with Crippen LogP contribution >= 0.6 is 15.9 Å². The van der Waals surface area contributed by atoms with Crippen LogP contribution in [0.1, 0.15) is 36.9 Å². The maximum atomic E-state index is 9.83. The van der Waals surface area contributed by atoms with Crippen molar-refractivity contribution >= 4 is 15.9 Å². The highest BCUT2D eigenvalue weighted by atomic mass is 79.9. The summed E-state index contributed by atoms with van der Waals surface area (Å²) in [5.74, 6) is -0.00664. The molecule has 0 saturated carbocycles. The number of hydrogen-bond donors (Lipinski definition) is 2. The van der Waals surface area contributed by atoms with Crippen LogP contribution in [0.15, 0.2) is 16.6 Å². The number of rotatable bonds is 3. The lowest BCUT2D eigenvalue weighted by Crippen LogP contribution is -2.11. The lowest BCUT2D eigenvalue weighted by Gasteiger charge is -2.15. The zero-order chi connectivity index (χ0) is 11.4. The largest absolute Gasteiger partial charge is 0.506 e. The van der Waals surface area contributed by atoms with Crippen molar-refractivity contribution in [3.63, 3.8) is 0 Å². The second-order valence-corrected chi connectivity index (χ2v) is 4.22. The lowest BCUT2D eigenvalue weighted by atomic mass is 10.00. The second-order valence-electron chi connectivity index (χ2n) is 3.36. The van der Waals surface area contributed by atoms with E-state index in [0.717, 1.165) is 17.3 Å². The van der Waals surface area contributed by atoms with E-state index in [1.54, 1.807) is 12.1 Å². The minimum atomic E-state index is -0.238. The van der Waals surface area contributed by atoms with Crippen molar-refractivity contribution in [1.29, 1.82) is 5.26 Å². The molecule has 0 aromatic heterocycles. The number of aromatic hydroxyl groups is 1. The highest BCUT2D eigenvalue weighted by Crippen LogP contribution is 2.34. The molecule has 0 saturated heterocycles. The summed E-state index contributed by atoms with van der Waals surface area (Å²) in [6.45, 7) is 2.03. The lowest BCUT2D eigenvalue weighted by molar-refractivity contribution is 0.455. The number of nitriles is 1. The van der Waals surface area contributed by atoms with Gasteiger partial charge in [-0.25, -0.2) is 0 Å². The topological polar surface area (TPSA) is 70.0 Å². The molecule has 0 bridgehead atoms. The third-order valence-electron chi connectivity index (χ3n) is 2.25. The highest BCUT2D eigenvalue weighted by molar-refractivity contribution is 9.10. The van der Waals surface area contributed by atoms with Gasteiger partial charge in [0.25, 0.3) is 0 Å². The normalized spacial score (nSPS) is 12.1. The van der Waals surface area contributed by atoms with Crippen LogP contribution in [0.5, 0.6) is 5.75 Å². The zero-order valence-corrected chi connectivity index (χ0v) is 10.1. The standard InChI is InChI=1S/C11H13BrN2O/c1-2-3-9(14)10-8(12)5-4-7(6-13)11(10)15/h4-5,9,15H,2-3,14H2,1H3/t9-/m1/s1. The first-order valence-electron chi connectivity index (χ1n) is 4.78. The summed E-state index contributed by atoms with van der Waals surface area (Å²) < 4.78 is 0.750. The maximum Gasteiger partial charge on any atom is 0.139 e. The first-order chi connectivity index (χ1) is 7.11. The Morgan fingerprint density at radius 1 is 1.60 bits per heavy atom. The zero-order valence-electron chi connectivity index (χ0n) is 8.50. The summed E-state index contributed by atoms with van der Waals surface area (Å²) in [5.41, 5.74) is 6.82. The molecule has 0 amide bonds. The van der Waals surface area contributed by atoms with E-state index in [0.29, 0.717) is 5.56 Å². The Balaban J connectivity index is 3.21. The van der Waals surface area contributed by atoms with Gasteiger partial charge in [-0.3, -0.25) is 0 Å². The Morgan fingerprint density at radius 2 is 2.27 bits per heavy atom. The SMILES string of the molecule is CCC[C@@H](N)c1c(Br)ccc(C#N)c1O. The average Bonchev–Trinajstić information content (AvgIpc) is 2.18. The van der Waals surface area contributed by atoms with Crippen LogP contribution in [-0.2, 0) is 0 Å². The minimum Gasteiger partial charge on any atom is -0.506 e. The number of hydrogen-bond acceptors (Lipinski definition) is 3. The van der Waals surface area contributed by atoms with E-state index in [9.17, 15) is 5.11 Å². The van der Waals surface area contributed by atoms with Crippen LogP contribution < -0.4 is 5.73 Å². The number of nitrogens with two attached hydrogens (primary N) is 1. The van der Waals surface area contributed by atoms with Gasteiger partial charge in [-0.2, -0.15) is 5.26 Å². The number of phenolic OH excluding ortho intramolecular Hbond substituents is 1. The minimum absolute atomic E-state index is 0.00664. The Labute approximate surface area is 97.7 Å². The van der Waals surface area contributed by atoms with Gasteiger partial charge < -0.3 is 10.8 Å². The van der Waals surface area contributed by atoms with Crippen molar-refractivity contribution in [2.24, 2.45) is 5.73 Å². The Kier molecular flexibility index (Phi) is 4.13. The van der Waals surface area contributed by atoms with Gasteiger partial charge in [0.05, 0.1) is 5.56 Å². The summed E-state index contributed by atoms with van der Waals surface area (Å²) in [5, 5.41) is 18.6. The van der Waals surface area contributed by atoms with E-state index in [2.05, 4.69) is 15.9 Å². The van der Waals surface area contributed by atoms with E-state index in [1.165, 1.54) is 0 Å². The number of benzene rings is 1. The van der Waals surface area contributed by atoms with E-state index in [1.807, 2.05) is 13.0 Å². The molecule has 80 valence electrons. The third kappa shape index (κ3) is 2.49. The molecule has 15 heavy (non-hydrogen) atoms. The number of halogens is 1. The van der Waals surface area contributed by atoms with Gasteiger partial charge in [0.15, 0.2) is 0 Å². The molecule has 0 aliphatic heterocycles. The van der Waals surface area contributed by atoms with Crippen LogP contribution in [0.3, 0.4) is 0 Å². The second kappa shape index (κ2) is 5.15. The van der Waals surface area contributed by atoms with Gasteiger partial charge in [0, 0.05) is 16.1 Å².